The maximum atomic E-state index is 13.3. The van der Waals surface area contributed by atoms with Crippen LogP contribution in [-0.2, 0) is 21.4 Å². The van der Waals surface area contributed by atoms with Crippen LogP contribution >= 0.6 is 0 Å². The molecule has 9 heteroatoms. The van der Waals surface area contributed by atoms with E-state index in [0.29, 0.717) is 36.8 Å². The lowest BCUT2D eigenvalue weighted by atomic mass is 10.0. The van der Waals surface area contributed by atoms with Gasteiger partial charge >= 0.3 is 0 Å². The number of piperidine rings is 1. The van der Waals surface area contributed by atoms with Crippen molar-refractivity contribution in [3.05, 3.63) is 47.9 Å². The van der Waals surface area contributed by atoms with Gasteiger partial charge in [0.05, 0.1) is 23.2 Å². The lowest BCUT2D eigenvalue weighted by Gasteiger charge is -2.34. The van der Waals surface area contributed by atoms with Crippen molar-refractivity contribution in [1.29, 1.82) is 0 Å². The summed E-state index contributed by atoms with van der Waals surface area (Å²) in [6, 6.07) is 9.88. The van der Waals surface area contributed by atoms with Crippen molar-refractivity contribution in [3.8, 4) is 0 Å². The molecule has 162 valence electrons. The molecule has 0 aliphatic carbocycles. The van der Waals surface area contributed by atoms with Gasteiger partial charge in [-0.2, -0.15) is 4.31 Å². The zero-order chi connectivity index (χ0) is 21.9. The molecule has 3 rings (SSSR count). The molecule has 0 spiro atoms. The van der Waals surface area contributed by atoms with E-state index in [0.717, 1.165) is 12.8 Å². The summed E-state index contributed by atoms with van der Waals surface area (Å²) in [4.78, 5) is 24.7. The first kappa shape index (κ1) is 22.2. The Morgan fingerprint density at radius 2 is 1.83 bits per heavy atom. The second-order valence-electron chi connectivity index (χ2n) is 7.79. The maximum absolute atomic E-state index is 13.3. The van der Waals surface area contributed by atoms with Gasteiger partial charge in [-0.3, -0.25) is 4.79 Å². The third kappa shape index (κ3) is 4.79. The maximum Gasteiger partial charge on any atom is 0.243 e. The fourth-order valence-electron chi connectivity index (χ4n) is 3.50. The number of hydrogen-bond acceptors (Lipinski definition) is 6. The van der Waals surface area contributed by atoms with E-state index in [2.05, 4.69) is 9.97 Å². The molecule has 0 radical (unpaired) electrons. The number of amides is 1. The molecule has 2 aromatic rings. The SMILES string of the molecule is CC(=O)N(C)Cc1cc(N(C)C)nc(C2CCCCN2S(=O)(=O)c2ccccc2)n1. The van der Waals surface area contributed by atoms with Gasteiger partial charge in [0, 0.05) is 40.7 Å². The van der Waals surface area contributed by atoms with Crippen LogP contribution in [0.15, 0.2) is 41.3 Å². The molecule has 2 heterocycles. The van der Waals surface area contributed by atoms with Gasteiger partial charge in [-0.15, -0.1) is 0 Å². The normalized spacial score (nSPS) is 17.5. The van der Waals surface area contributed by atoms with Gasteiger partial charge < -0.3 is 9.80 Å². The van der Waals surface area contributed by atoms with E-state index in [-0.39, 0.29) is 10.8 Å². The van der Waals surface area contributed by atoms with Crippen molar-refractivity contribution in [2.75, 3.05) is 32.6 Å². The van der Waals surface area contributed by atoms with Gasteiger partial charge in [-0.25, -0.2) is 18.4 Å². The summed E-state index contributed by atoms with van der Waals surface area (Å²) in [7, 11) is 1.81. The van der Waals surface area contributed by atoms with Gasteiger partial charge in [-0.1, -0.05) is 24.6 Å². The Hall–Kier alpha value is -2.52. The van der Waals surface area contributed by atoms with E-state index in [4.69, 9.17) is 0 Å². The predicted molar refractivity (Wildman–Crippen MR) is 115 cm³/mol. The molecule has 0 bridgehead atoms. The largest absolute Gasteiger partial charge is 0.363 e. The molecule has 1 unspecified atom stereocenters. The molecule has 1 aliphatic rings. The van der Waals surface area contributed by atoms with E-state index < -0.39 is 16.1 Å². The van der Waals surface area contributed by atoms with Crippen molar-refractivity contribution in [2.45, 2.75) is 43.7 Å². The summed E-state index contributed by atoms with van der Waals surface area (Å²) in [6.07, 6.45) is 2.37. The average molecular weight is 432 g/mol. The standard InChI is InChI=1S/C21H29N5O3S/c1-16(27)25(4)15-17-14-20(24(2)3)23-21(22-17)19-12-8-9-13-26(19)30(28,29)18-10-6-5-7-11-18/h5-7,10-11,14,19H,8-9,12-13,15H2,1-4H3. The first-order valence-corrected chi connectivity index (χ1v) is 11.5. The number of carbonyl (C=O) groups excluding carboxylic acids is 1. The summed E-state index contributed by atoms with van der Waals surface area (Å²) < 4.78 is 28.2. The number of aromatic nitrogens is 2. The summed E-state index contributed by atoms with van der Waals surface area (Å²) in [5.41, 5.74) is 0.684. The lowest BCUT2D eigenvalue weighted by molar-refractivity contribution is -0.128. The van der Waals surface area contributed by atoms with Gasteiger partial charge in [0.2, 0.25) is 15.9 Å². The molecular weight excluding hydrogens is 402 g/mol. The van der Waals surface area contributed by atoms with Crippen LogP contribution in [-0.4, -0.2) is 61.2 Å². The quantitative estimate of drug-likeness (QED) is 0.698. The van der Waals surface area contributed by atoms with Crippen LogP contribution in [0.3, 0.4) is 0 Å². The number of carbonyl (C=O) groups is 1. The summed E-state index contributed by atoms with van der Waals surface area (Å²) >= 11 is 0. The Bertz CT molecular complexity index is 995. The number of hydrogen-bond donors (Lipinski definition) is 0. The van der Waals surface area contributed by atoms with E-state index in [1.54, 1.807) is 42.3 Å². The number of anilines is 1. The summed E-state index contributed by atoms with van der Waals surface area (Å²) in [6.45, 7) is 2.27. The van der Waals surface area contributed by atoms with E-state index >= 15 is 0 Å². The second kappa shape index (κ2) is 9.09. The highest BCUT2D eigenvalue weighted by Crippen LogP contribution is 2.34. The number of benzene rings is 1. The zero-order valence-corrected chi connectivity index (χ0v) is 18.8. The third-order valence-corrected chi connectivity index (χ3v) is 7.20. The van der Waals surface area contributed by atoms with Crippen LogP contribution in [0.4, 0.5) is 5.82 Å². The van der Waals surface area contributed by atoms with Crippen LogP contribution in [0.2, 0.25) is 0 Å². The van der Waals surface area contributed by atoms with Crippen molar-refractivity contribution in [3.63, 3.8) is 0 Å². The smallest absolute Gasteiger partial charge is 0.243 e. The Labute approximate surface area is 178 Å². The highest BCUT2D eigenvalue weighted by molar-refractivity contribution is 7.89. The molecule has 1 aliphatic heterocycles. The monoisotopic (exact) mass is 431 g/mol. The topological polar surface area (TPSA) is 86.7 Å². The molecule has 1 atom stereocenters. The van der Waals surface area contributed by atoms with Crippen LogP contribution in [0.1, 0.15) is 43.7 Å². The van der Waals surface area contributed by atoms with Gasteiger partial charge in [-0.05, 0) is 25.0 Å². The second-order valence-corrected chi connectivity index (χ2v) is 9.68. The van der Waals surface area contributed by atoms with Crippen LogP contribution in [0.5, 0.6) is 0 Å². The Kier molecular flexibility index (Phi) is 6.72. The molecule has 1 saturated heterocycles. The highest BCUT2D eigenvalue weighted by atomic mass is 32.2. The lowest BCUT2D eigenvalue weighted by Crippen LogP contribution is -2.39. The van der Waals surface area contributed by atoms with Crippen molar-refractivity contribution < 1.29 is 13.2 Å². The Morgan fingerprint density at radius 3 is 2.47 bits per heavy atom. The number of rotatable bonds is 6. The minimum Gasteiger partial charge on any atom is -0.363 e. The minimum atomic E-state index is -3.67. The molecule has 1 aromatic heterocycles. The van der Waals surface area contributed by atoms with Crippen molar-refractivity contribution in [2.24, 2.45) is 0 Å². The molecule has 0 saturated carbocycles. The Balaban J connectivity index is 2.02. The van der Waals surface area contributed by atoms with Gasteiger partial charge in [0.1, 0.15) is 11.6 Å². The summed E-state index contributed by atoms with van der Waals surface area (Å²) in [5.74, 6) is 1.11. The zero-order valence-electron chi connectivity index (χ0n) is 17.9. The van der Waals surface area contributed by atoms with Gasteiger partial charge in [0.15, 0.2) is 0 Å². The molecule has 1 fully saturated rings. The predicted octanol–water partition coefficient (Wildman–Crippen LogP) is 2.44. The minimum absolute atomic E-state index is 0.0625. The fourth-order valence-corrected chi connectivity index (χ4v) is 5.17. The highest BCUT2D eigenvalue weighted by Gasteiger charge is 2.36. The van der Waals surface area contributed by atoms with E-state index in [9.17, 15) is 13.2 Å². The number of nitrogens with zero attached hydrogens (tertiary/aromatic N) is 5. The fraction of sp³-hybridized carbons (Fsp3) is 0.476. The number of sulfonamides is 1. The molecule has 8 nitrogen and oxygen atoms in total. The van der Waals surface area contributed by atoms with Crippen molar-refractivity contribution >= 4 is 21.7 Å². The molecule has 1 aromatic carbocycles. The molecule has 1 amide bonds. The van der Waals surface area contributed by atoms with E-state index in [1.165, 1.54) is 11.2 Å². The van der Waals surface area contributed by atoms with Crippen LogP contribution < -0.4 is 4.90 Å². The molecule has 30 heavy (non-hydrogen) atoms. The average Bonchev–Trinajstić information content (AvgIpc) is 2.74. The van der Waals surface area contributed by atoms with Gasteiger partial charge in [0.25, 0.3) is 0 Å². The van der Waals surface area contributed by atoms with Crippen LogP contribution in [0.25, 0.3) is 0 Å². The van der Waals surface area contributed by atoms with Crippen molar-refractivity contribution in [1.82, 2.24) is 19.2 Å². The summed E-state index contributed by atoms with van der Waals surface area (Å²) in [5, 5.41) is 0. The van der Waals surface area contributed by atoms with E-state index in [1.807, 2.05) is 25.1 Å². The third-order valence-electron chi connectivity index (χ3n) is 5.28. The Morgan fingerprint density at radius 1 is 1.13 bits per heavy atom. The first-order valence-electron chi connectivity index (χ1n) is 10.0. The van der Waals surface area contributed by atoms with Crippen LogP contribution in [0, 0.1) is 0 Å². The first-order chi connectivity index (χ1) is 14.2. The molecular formula is C21H29N5O3S. The molecule has 0 N–H and O–H groups in total.